The van der Waals surface area contributed by atoms with Crippen LogP contribution < -0.4 is 0 Å². The summed E-state index contributed by atoms with van der Waals surface area (Å²) in [6, 6.07) is 7.69. The van der Waals surface area contributed by atoms with Gasteiger partial charge in [0.2, 0.25) is 0 Å². The highest BCUT2D eigenvalue weighted by molar-refractivity contribution is 5.85. The Balaban J connectivity index is 0.00000128. The van der Waals surface area contributed by atoms with E-state index in [4.69, 9.17) is 0 Å². The highest BCUT2D eigenvalue weighted by Crippen LogP contribution is 2.35. The van der Waals surface area contributed by atoms with E-state index >= 15 is 0 Å². The van der Waals surface area contributed by atoms with E-state index in [-0.39, 0.29) is 12.4 Å². The third-order valence-electron chi connectivity index (χ3n) is 3.65. The number of aromatic hydroxyl groups is 1. The molecule has 90 valence electrons. The fourth-order valence-corrected chi connectivity index (χ4v) is 2.26. The Hall–Kier alpha value is -0.730. The largest absolute Gasteiger partial charge is 0.508 e. The molecule has 0 atom stereocenters. The van der Waals surface area contributed by atoms with Crippen molar-refractivity contribution in [3.63, 3.8) is 0 Å². The van der Waals surface area contributed by atoms with Gasteiger partial charge in [-0.05, 0) is 56.1 Å². The zero-order valence-electron chi connectivity index (χ0n) is 9.94. The van der Waals surface area contributed by atoms with Gasteiger partial charge in [-0.1, -0.05) is 19.1 Å². The standard InChI is InChI=1S/C13H19NO.ClH/c1-13(7-9-14(2)10-8-13)11-3-5-12(15)6-4-11;/h3-6,15H,7-10H2,1-2H3;1H. The molecular formula is C13H20ClNO. The minimum atomic E-state index is 0. The molecule has 0 saturated carbocycles. The molecule has 16 heavy (non-hydrogen) atoms. The van der Waals surface area contributed by atoms with Gasteiger partial charge in [0.1, 0.15) is 5.75 Å². The number of nitrogens with zero attached hydrogens (tertiary/aromatic N) is 1. The topological polar surface area (TPSA) is 23.5 Å². The predicted molar refractivity (Wildman–Crippen MR) is 69.4 cm³/mol. The monoisotopic (exact) mass is 241 g/mol. The average Bonchev–Trinajstić information content (AvgIpc) is 2.24. The predicted octanol–water partition coefficient (Wildman–Crippen LogP) is 2.80. The second kappa shape index (κ2) is 5.07. The minimum Gasteiger partial charge on any atom is -0.508 e. The molecule has 0 aliphatic carbocycles. The van der Waals surface area contributed by atoms with Gasteiger partial charge in [0, 0.05) is 0 Å². The summed E-state index contributed by atoms with van der Waals surface area (Å²) in [6.45, 7) is 4.65. The van der Waals surface area contributed by atoms with Crippen molar-refractivity contribution < 1.29 is 5.11 Å². The number of hydrogen-bond acceptors (Lipinski definition) is 2. The van der Waals surface area contributed by atoms with Gasteiger partial charge in [-0.15, -0.1) is 12.4 Å². The van der Waals surface area contributed by atoms with E-state index in [1.165, 1.54) is 18.4 Å². The lowest BCUT2D eigenvalue weighted by Crippen LogP contribution is -2.38. The van der Waals surface area contributed by atoms with Gasteiger partial charge in [-0.3, -0.25) is 0 Å². The smallest absolute Gasteiger partial charge is 0.115 e. The highest BCUT2D eigenvalue weighted by atomic mass is 35.5. The number of halogens is 1. The zero-order chi connectivity index (χ0) is 10.9. The number of benzene rings is 1. The van der Waals surface area contributed by atoms with Gasteiger partial charge in [0.15, 0.2) is 0 Å². The number of piperidine rings is 1. The average molecular weight is 242 g/mol. The minimum absolute atomic E-state index is 0. The Labute approximate surface area is 104 Å². The number of rotatable bonds is 1. The van der Waals surface area contributed by atoms with E-state index in [0.29, 0.717) is 11.2 Å². The lowest BCUT2D eigenvalue weighted by molar-refractivity contribution is 0.200. The first-order chi connectivity index (χ1) is 7.10. The molecule has 2 rings (SSSR count). The lowest BCUT2D eigenvalue weighted by atomic mass is 9.75. The molecule has 0 radical (unpaired) electrons. The number of phenolic OH excluding ortho intramolecular Hbond substituents is 1. The van der Waals surface area contributed by atoms with Gasteiger partial charge in [0.05, 0.1) is 0 Å². The van der Waals surface area contributed by atoms with Crippen LogP contribution in [0.25, 0.3) is 0 Å². The molecule has 0 bridgehead atoms. The fourth-order valence-electron chi connectivity index (χ4n) is 2.26. The number of likely N-dealkylation sites (tertiary alicyclic amines) is 1. The Morgan fingerprint density at radius 2 is 1.62 bits per heavy atom. The van der Waals surface area contributed by atoms with Crippen LogP contribution in [0.15, 0.2) is 24.3 Å². The van der Waals surface area contributed by atoms with Crippen LogP contribution in [0.5, 0.6) is 5.75 Å². The second-order valence-corrected chi connectivity index (χ2v) is 4.91. The van der Waals surface area contributed by atoms with Crippen LogP contribution in [0.1, 0.15) is 25.3 Å². The van der Waals surface area contributed by atoms with Crippen LogP contribution in [0.4, 0.5) is 0 Å². The van der Waals surface area contributed by atoms with E-state index in [9.17, 15) is 5.11 Å². The molecule has 3 heteroatoms. The molecule has 2 nitrogen and oxygen atoms in total. The second-order valence-electron chi connectivity index (χ2n) is 4.91. The van der Waals surface area contributed by atoms with Crippen molar-refractivity contribution in [3.05, 3.63) is 29.8 Å². The Morgan fingerprint density at radius 1 is 1.12 bits per heavy atom. The highest BCUT2D eigenvalue weighted by Gasteiger charge is 2.30. The van der Waals surface area contributed by atoms with Gasteiger partial charge in [-0.2, -0.15) is 0 Å². The molecule has 1 N–H and O–H groups in total. The third-order valence-corrected chi connectivity index (χ3v) is 3.65. The number of phenols is 1. The van der Waals surface area contributed by atoms with E-state index in [2.05, 4.69) is 31.0 Å². The van der Waals surface area contributed by atoms with Crippen LogP contribution in [0.2, 0.25) is 0 Å². The Bertz CT molecular complexity index is 328. The summed E-state index contributed by atoms with van der Waals surface area (Å²) < 4.78 is 0. The van der Waals surface area contributed by atoms with Crippen molar-refractivity contribution in [2.24, 2.45) is 0 Å². The first kappa shape index (κ1) is 13.3. The summed E-state index contributed by atoms with van der Waals surface area (Å²) in [5.41, 5.74) is 1.65. The molecule has 1 aliphatic heterocycles. The molecule has 0 spiro atoms. The maximum atomic E-state index is 9.27. The van der Waals surface area contributed by atoms with Crippen LogP contribution in [0, 0.1) is 0 Å². The molecule has 1 aliphatic rings. The third kappa shape index (κ3) is 2.69. The molecule has 1 saturated heterocycles. The van der Waals surface area contributed by atoms with Gasteiger partial charge in [0.25, 0.3) is 0 Å². The van der Waals surface area contributed by atoms with Crippen molar-refractivity contribution in [2.45, 2.75) is 25.2 Å². The molecular weight excluding hydrogens is 222 g/mol. The maximum Gasteiger partial charge on any atom is 0.115 e. The van der Waals surface area contributed by atoms with Crippen LogP contribution in [-0.2, 0) is 5.41 Å². The molecule has 0 amide bonds. The van der Waals surface area contributed by atoms with Gasteiger partial charge < -0.3 is 10.0 Å². The van der Waals surface area contributed by atoms with E-state index < -0.39 is 0 Å². The molecule has 0 unspecified atom stereocenters. The summed E-state index contributed by atoms with van der Waals surface area (Å²) >= 11 is 0. The van der Waals surface area contributed by atoms with Crippen LogP contribution in [0.3, 0.4) is 0 Å². The maximum absolute atomic E-state index is 9.27. The SMILES string of the molecule is CN1CCC(C)(c2ccc(O)cc2)CC1.Cl. The molecule has 1 aromatic carbocycles. The quantitative estimate of drug-likeness (QED) is 0.818. The van der Waals surface area contributed by atoms with Crippen molar-refractivity contribution in [1.29, 1.82) is 0 Å². The molecule has 1 aromatic rings. The van der Waals surface area contributed by atoms with Crippen molar-refractivity contribution >= 4 is 12.4 Å². The Kier molecular flexibility index (Phi) is 4.22. The van der Waals surface area contributed by atoms with E-state index in [0.717, 1.165) is 13.1 Å². The van der Waals surface area contributed by atoms with E-state index in [1.807, 2.05) is 0 Å². The molecule has 1 heterocycles. The van der Waals surface area contributed by atoms with Crippen molar-refractivity contribution in [3.8, 4) is 5.75 Å². The summed E-state index contributed by atoms with van der Waals surface area (Å²) in [4.78, 5) is 2.38. The fraction of sp³-hybridized carbons (Fsp3) is 0.538. The Morgan fingerprint density at radius 3 is 2.12 bits per heavy atom. The number of hydrogen-bond donors (Lipinski definition) is 1. The van der Waals surface area contributed by atoms with Crippen LogP contribution >= 0.6 is 12.4 Å². The van der Waals surface area contributed by atoms with Gasteiger partial charge >= 0.3 is 0 Å². The molecule has 0 aromatic heterocycles. The summed E-state index contributed by atoms with van der Waals surface area (Å²) in [5.74, 6) is 0.357. The summed E-state index contributed by atoms with van der Waals surface area (Å²) in [6.07, 6.45) is 2.41. The first-order valence-corrected chi connectivity index (χ1v) is 5.58. The van der Waals surface area contributed by atoms with Crippen molar-refractivity contribution in [1.82, 2.24) is 4.90 Å². The van der Waals surface area contributed by atoms with E-state index in [1.54, 1.807) is 12.1 Å². The molecule has 1 fully saturated rings. The summed E-state index contributed by atoms with van der Waals surface area (Å²) in [5, 5.41) is 9.27. The van der Waals surface area contributed by atoms with Gasteiger partial charge in [-0.25, -0.2) is 0 Å². The summed E-state index contributed by atoms with van der Waals surface area (Å²) in [7, 11) is 2.18. The van der Waals surface area contributed by atoms with Crippen molar-refractivity contribution in [2.75, 3.05) is 20.1 Å². The normalized spacial score (nSPS) is 20.1. The van der Waals surface area contributed by atoms with Crippen LogP contribution in [-0.4, -0.2) is 30.1 Å². The zero-order valence-corrected chi connectivity index (χ0v) is 10.8. The lowest BCUT2D eigenvalue weighted by Gasteiger charge is -2.38. The first-order valence-electron chi connectivity index (χ1n) is 5.58.